The van der Waals surface area contributed by atoms with Crippen molar-refractivity contribution in [1.29, 1.82) is 0 Å². The van der Waals surface area contributed by atoms with Crippen molar-refractivity contribution in [2.75, 3.05) is 20.8 Å². The summed E-state index contributed by atoms with van der Waals surface area (Å²) in [4.78, 5) is 1.04. The first-order chi connectivity index (χ1) is 10.1. The first-order valence-corrected chi connectivity index (χ1v) is 8.14. The Labute approximate surface area is 138 Å². The van der Waals surface area contributed by atoms with Gasteiger partial charge in [0, 0.05) is 10.4 Å². The van der Waals surface area contributed by atoms with E-state index < -0.39 is 0 Å². The van der Waals surface area contributed by atoms with Crippen molar-refractivity contribution < 1.29 is 9.47 Å². The van der Waals surface area contributed by atoms with Gasteiger partial charge in [-0.15, -0.1) is 11.3 Å². The lowest BCUT2D eigenvalue weighted by molar-refractivity contribution is 0.388. The normalized spacial score (nSPS) is 12.2. The van der Waals surface area contributed by atoms with E-state index in [4.69, 9.17) is 32.7 Å². The lowest BCUT2D eigenvalue weighted by Gasteiger charge is -2.21. The topological polar surface area (TPSA) is 30.5 Å². The molecular weight excluding hydrogens is 329 g/mol. The lowest BCUT2D eigenvalue weighted by Crippen LogP contribution is -2.22. The van der Waals surface area contributed by atoms with E-state index in [1.165, 1.54) is 0 Å². The molecule has 0 saturated heterocycles. The minimum atomic E-state index is -0.0687. The van der Waals surface area contributed by atoms with E-state index in [9.17, 15) is 0 Å². The van der Waals surface area contributed by atoms with Crippen LogP contribution in [0.3, 0.4) is 0 Å². The van der Waals surface area contributed by atoms with E-state index in [1.807, 2.05) is 30.5 Å². The van der Waals surface area contributed by atoms with E-state index in [0.29, 0.717) is 16.5 Å². The summed E-state index contributed by atoms with van der Waals surface area (Å²) in [6, 6.07) is 5.61. The molecule has 0 saturated carbocycles. The van der Waals surface area contributed by atoms with Gasteiger partial charge in [0.1, 0.15) is 16.5 Å². The maximum Gasteiger partial charge on any atom is 0.146 e. The highest BCUT2D eigenvalue weighted by Gasteiger charge is 2.24. The van der Waals surface area contributed by atoms with Gasteiger partial charge in [-0.3, -0.25) is 0 Å². The van der Waals surface area contributed by atoms with Gasteiger partial charge in [-0.25, -0.2) is 0 Å². The maximum absolute atomic E-state index is 6.35. The molecule has 0 spiro atoms. The van der Waals surface area contributed by atoms with E-state index in [-0.39, 0.29) is 6.04 Å². The molecule has 3 nitrogen and oxygen atoms in total. The Hall–Kier alpha value is -0.940. The van der Waals surface area contributed by atoms with Crippen molar-refractivity contribution in [1.82, 2.24) is 5.32 Å². The molecule has 1 unspecified atom stereocenters. The van der Waals surface area contributed by atoms with E-state index in [1.54, 1.807) is 25.6 Å². The molecule has 1 atom stereocenters. The number of rotatable bonds is 6. The molecule has 0 aliphatic carbocycles. The Morgan fingerprint density at radius 1 is 1.19 bits per heavy atom. The monoisotopic (exact) mass is 345 g/mol. The maximum atomic E-state index is 6.35. The fraction of sp³-hybridized carbons (Fsp3) is 0.333. The molecule has 0 aliphatic rings. The largest absolute Gasteiger partial charge is 0.495 e. The van der Waals surface area contributed by atoms with Crippen molar-refractivity contribution in [2.24, 2.45) is 0 Å². The summed E-state index contributed by atoms with van der Waals surface area (Å²) >= 11 is 14.2. The van der Waals surface area contributed by atoms with Crippen LogP contribution in [0.2, 0.25) is 10.0 Å². The highest BCUT2D eigenvalue weighted by atomic mass is 35.5. The van der Waals surface area contributed by atoms with Crippen LogP contribution in [0, 0.1) is 0 Å². The van der Waals surface area contributed by atoms with Crippen LogP contribution in [0.1, 0.15) is 23.4 Å². The molecule has 0 amide bonds. The number of benzene rings is 1. The SMILES string of the molecule is CCNC(c1ccc(OC)c(Cl)c1OC)c1sccc1Cl. The summed E-state index contributed by atoms with van der Waals surface area (Å²) < 4.78 is 10.7. The number of nitrogens with one attached hydrogen (secondary N) is 1. The molecule has 1 N–H and O–H groups in total. The predicted molar refractivity (Wildman–Crippen MR) is 89.4 cm³/mol. The molecule has 0 aliphatic heterocycles. The van der Waals surface area contributed by atoms with Gasteiger partial charge in [0.05, 0.1) is 25.3 Å². The number of ether oxygens (including phenoxy) is 2. The van der Waals surface area contributed by atoms with Crippen molar-refractivity contribution >= 4 is 34.5 Å². The van der Waals surface area contributed by atoms with Gasteiger partial charge in [-0.1, -0.05) is 30.1 Å². The molecule has 1 heterocycles. The Morgan fingerprint density at radius 2 is 1.95 bits per heavy atom. The van der Waals surface area contributed by atoms with Crippen LogP contribution in [0.25, 0.3) is 0 Å². The van der Waals surface area contributed by atoms with Crippen LogP contribution in [0.4, 0.5) is 0 Å². The Kier molecular flexibility index (Phi) is 5.76. The molecule has 0 bridgehead atoms. The quantitative estimate of drug-likeness (QED) is 0.817. The van der Waals surface area contributed by atoms with Gasteiger partial charge in [-0.05, 0) is 30.1 Å². The predicted octanol–water partition coefficient (Wildman–Crippen LogP) is 4.77. The minimum Gasteiger partial charge on any atom is -0.495 e. The second kappa shape index (κ2) is 7.36. The van der Waals surface area contributed by atoms with Crippen molar-refractivity contribution in [3.8, 4) is 11.5 Å². The smallest absolute Gasteiger partial charge is 0.146 e. The number of thiophene rings is 1. The third-order valence-electron chi connectivity index (χ3n) is 3.14. The Morgan fingerprint density at radius 3 is 2.48 bits per heavy atom. The lowest BCUT2D eigenvalue weighted by atomic mass is 10.0. The second-order valence-electron chi connectivity index (χ2n) is 4.33. The van der Waals surface area contributed by atoms with Crippen LogP contribution in [-0.4, -0.2) is 20.8 Å². The van der Waals surface area contributed by atoms with Gasteiger partial charge in [0.2, 0.25) is 0 Å². The first-order valence-electron chi connectivity index (χ1n) is 6.50. The highest BCUT2D eigenvalue weighted by Crippen LogP contribution is 2.43. The Bertz CT molecular complexity index is 616. The van der Waals surface area contributed by atoms with Gasteiger partial charge in [0.15, 0.2) is 0 Å². The average Bonchev–Trinajstić information content (AvgIpc) is 2.90. The summed E-state index contributed by atoms with van der Waals surface area (Å²) in [6.07, 6.45) is 0. The molecular formula is C15H17Cl2NO2S. The number of hydrogen-bond donors (Lipinski definition) is 1. The average molecular weight is 346 g/mol. The molecule has 1 aromatic heterocycles. The fourth-order valence-electron chi connectivity index (χ4n) is 2.20. The molecule has 114 valence electrons. The molecule has 21 heavy (non-hydrogen) atoms. The van der Waals surface area contributed by atoms with Crippen molar-refractivity contribution in [3.63, 3.8) is 0 Å². The number of methoxy groups -OCH3 is 2. The summed E-state index contributed by atoms with van der Waals surface area (Å²) in [6.45, 7) is 2.85. The standard InChI is InChI=1S/C15H17Cl2NO2S/c1-4-18-13(15-10(16)7-8-21-15)9-5-6-11(19-2)12(17)14(9)20-3/h5-8,13,18H,4H2,1-3H3. The molecule has 0 radical (unpaired) electrons. The molecule has 2 aromatic rings. The van der Waals surface area contributed by atoms with Crippen molar-refractivity contribution in [2.45, 2.75) is 13.0 Å². The van der Waals surface area contributed by atoms with E-state index in [0.717, 1.165) is 22.0 Å². The fourth-order valence-corrected chi connectivity index (χ4v) is 3.79. The third kappa shape index (κ3) is 3.29. The minimum absolute atomic E-state index is 0.0687. The van der Waals surface area contributed by atoms with Gasteiger partial charge < -0.3 is 14.8 Å². The summed E-state index contributed by atoms with van der Waals surface area (Å²) in [5.74, 6) is 1.19. The summed E-state index contributed by atoms with van der Waals surface area (Å²) in [7, 11) is 3.18. The van der Waals surface area contributed by atoms with Crippen molar-refractivity contribution in [3.05, 3.63) is 44.1 Å². The van der Waals surface area contributed by atoms with Crippen LogP contribution in [0.15, 0.2) is 23.6 Å². The third-order valence-corrected chi connectivity index (χ3v) is 4.92. The van der Waals surface area contributed by atoms with Gasteiger partial charge in [0.25, 0.3) is 0 Å². The molecule has 1 aromatic carbocycles. The van der Waals surface area contributed by atoms with E-state index in [2.05, 4.69) is 5.32 Å². The number of halogens is 2. The molecule has 0 fully saturated rings. The van der Waals surface area contributed by atoms with Crippen LogP contribution >= 0.6 is 34.5 Å². The number of hydrogen-bond acceptors (Lipinski definition) is 4. The molecule has 2 rings (SSSR count). The van der Waals surface area contributed by atoms with Crippen LogP contribution < -0.4 is 14.8 Å². The Balaban J connectivity index is 2.55. The molecule has 6 heteroatoms. The van der Waals surface area contributed by atoms with Crippen LogP contribution in [0.5, 0.6) is 11.5 Å². The van der Waals surface area contributed by atoms with Gasteiger partial charge in [-0.2, -0.15) is 0 Å². The zero-order valence-corrected chi connectivity index (χ0v) is 14.4. The van der Waals surface area contributed by atoms with E-state index >= 15 is 0 Å². The highest BCUT2D eigenvalue weighted by molar-refractivity contribution is 7.10. The summed E-state index contributed by atoms with van der Waals surface area (Å²) in [5.41, 5.74) is 0.939. The second-order valence-corrected chi connectivity index (χ2v) is 6.06. The zero-order valence-electron chi connectivity index (χ0n) is 12.1. The first kappa shape index (κ1) is 16.4. The zero-order chi connectivity index (χ0) is 15.4. The summed E-state index contributed by atoms with van der Waals surface area (Å²) in [5, 5.41) is 6.60. The van der Waals surface area contributed by atoms with Crippen LogP contribution in [-0.2, 0) is 0 Å². The van der Waals surface area contributed by atoms with Gasteiger partial charge >= 0.3 is 0 Å².